The van der Waals surface area contributed by atoms with Gasteiger partial charge in [-0.2, -0.15) is 26.3 Å². The third-order valence-corrected chi connectivity index (χ3v) is 5.34. The molecule has 0 N–H and O–H groups in total. The van der Waals surface area contributed by atoms with Crippen LogP contribution in [0.5, 0.6) is 0 Å². The van der Waals surface area contributed by atoms with E-state index >= 15 is 0 Å². The minimum atomic E-state index is -4.50. The zero-order valence-corrected chi connectivity index (χ0v) is 15.0. The first-order valence-corrected chi connectivity index (χ1v) is 8.82. The van der Waals surface area contributed by atoms with Crippen molar-refractivity contribution in [1.29, 1.82) is 0 Å². The zero-order valence-electron chi connectivity index (χ0n) is 15.0. The minimum absolute atomic E-state index is 0.273. The van der Waals surface area contributed by atoms with Crippen LogP contribution < -0.4 is 0 Å². The van der Waals surface area contributed by atoms with Gasteiger partial charge in [0.1, 0.15) is 0 Å². The second-order valence-electron chi connectivity index (χ2n) is 7.17. The molecule has 0 saturated carbocycles. The molecule has 1 nitrogen and oxygen atoms in total. The summed E-state index contributed by atoms with van der Waals surface area (Å²) in [4.78, 5) is 11.8. The van der Waals surface area contributed by atoms with E-state index in [9.17, 15) is 31.1 Å². The molecule has 0 saturated heterocycles. The maximum absolute atomic E-state index is 13.0. The number of benzene rings is 2. The van der Waals surface area contributed by atoms with Gasteiger partial charge in [-0.3, -0.25) is 4.79 Å². The van der Waals surface area contributed by atoms with Crippen molar-refractivity contribution in [3.05, 3.63) is 59.2 Å². The SMILES string of the molecule is CC(=O)c1ccc2c(c1)C(CCC(F)(F)F)(CCC(F)(F)F)c1ccccc1-2. The van der Waals surface area contributed by atoms with Crippen molar-refractivity contribution in [1.82, 2.24) is 0 Å². The molecule has 0 unspecified atom stereocenters. The van der Waals surface area contributed by atoms with Crippen LogP contribution in [0.4, 0.5) is 26.3 Å². The predicted octanol–water partition coefficient (Wildman–Crippen LogP) is 6.84. The highest BCUT2D eigenvalue weighted by Gasteiger charge is 2.47. The molecule has 0 fully saturated rings. The van der Waals surface area contributed by atoms with Crippen LogP contribution >= 0.6 is 0 Å². The molecule has 0 atom stereocenters. The van der Waals surface area contributed by atoms with Crippen molar-refractivity contribution in [3.8, 4) is 11.1 Å². The van der Waals surface area contributed by atoms with Crippen LogP contribution in [0.1, 0.15) is 54.1 Å². The van der Waals surface area contributed by atoms with Crippen LogP contribution in [0.2, 0.25) is 0 Å². The highest BCUT2D eigenvalue weighted by Crippen LogP contribution is 2.55. The Balaban J connectivity index is 2.20. The fourth-order valence-corrected chi connectivity index (χ4v) is 4.05. The summed E-state index contributed by atoms with van der Waals surface area (Å²) >= 11 is 0. The summed E-state index contributed by atoms with van der Waals surface area (Å²) in [6, 6.07) is 11.2. The first kappa shape index (κ1) is 20.4. The smallest absolute Gasteiger partial charge is 0.295 e. The highest BCUT2D eigenvalue weighted by molar-refractivity contribution is 5.96. The lowest BCUT2D eigenvalue weighted by atomic mass is 9.71. The van der Waals surface area contributed by atoms with E-state index in [1.165, 1.54) is 13.0 Å². The van der Waals surface area contributed by atoms with Crippen molar-refractivity contribution in [2.75, 3.05) is 0 Å². The summed E-state index contributed by atoms with van der Waals surface area (Å²) in [5, 5.41) is 0. The molecule has 1 aliphatic rings. The molecule has 0 heterocycles. The molecule has 0 aromatic heterocycles. The fourth-order valence-electron chi connectivity index (χ4n) is 4.05. The van der Waals surface area contributed by atoms with Gasteiger partial charge >= 0.3 is 12.4 Å². The van der Waals surface area contributed by atoms with Crippen molar-refractivity contribution in [3.63, 3.8) is 0 Å². The van der Waals surface area contributed by atoms with Crippen molar-refractivity contribution in [2.24, 2.45) is 0 Å². The lowest BCUT2D eigenvalue weighted by Gasteiger charge is -2.33. The van der Waals surface area contributed by atoms with Gasteiger partial charge in [0.15, 0.2) is 5.78 Å². The van der Waals surface area contributed by atoms with Gasteiger partial charge in [0.05, 0.1) is 0 Å². The van der Waals surface area contributed by atoms with Gasteiger partial charge in [-0.1, -0.05) is 36.4 Å². The largest absolute Gasteiger partial charge is 0.389 e. The summed E-state index contributed by atoms with van der Waals surface area (Å²) in [7, 11) is 0. The van der Waals surface area contributed by atoms with E-state index in [2.05, 4.69) is 0 Å². The van der Waals surface area contributed by atoms with E-state index in [1.54, 1.807) is 36.4 Å². The van der Waals surface area contributed by atoms with Crippen LogP contribution in [-0.2, 0) is 5.41 Å². The molecule has 2 aromatic rings. The molecule has 0 bridgehead atoms. The Morgan fingerprint density at radius 3 is 1.89 bits per heavy atom. The Hall–Kier alpha value is -2.31. The average Bonchev–Trinajstić information content (AvgIpc) is 2.87. The maximum Gasteiger partial charge on any atom is 0.389 e. The zero-order chi connectivity index (χ0) is 20.7. The van der Waals surface area contributed by atoms with Gasteiger partial charge < -0.3 is 0 Å². The summed E-state index contributed by atoms with van der Waals surface area (Å²) in [6.07, 6.45) is -12.4. The molecular weight excluding hydrogens is 382 g/mol. The molecule has 150 valence electrons. The number of halogens is 6. The van der Waals surface area contributed by atoms with Crippen molar-refractivity contribution >= 4 is 5.78 Å². The molecule has 0 spiro atoms. The number of fused-ring (bicyclic) bond motifs is 3. The average molecular weight is 400 g/mol. The number of hydrogen-bond donors (Lipinski definition) is 0. The molecule has 3 rings (SSSR count). The van der Waals surface area contributed by atoms with E-state index in [4.69, 9.17) is 0 Å². The Kier molecular flexibility index (Phi) is 5.06. The number of alkyl halides is 6. The summed E-state index contributed by atoms with van der Waals surface area (Å²) in [5.41, 5.74) is 0.869. The second kappa shape index (κ2) is 6.94. The van der Waals surface area contributed by atoms with Gasteiger partial charge in [0, 0.05) is 23.8 Å². The molecule has 28 heavy (non-hydrogen) atoms. The number of rotatable bonds is 5. The lowest BCUT2D eigenvalue weighted by Crippen LogP contribution is -2.30. The first-order valence-electron chi connectivity index (χ1n) is 8.82. The summed E-state index contributed by atoms with van der Waals surface area (Å²) in [5.74, 6) is -0.292. The molecule has 1 aliphatic carbocycles. The van der Waals surface area contributed by atoms with Crippen molar-refractivity contribution < 1.29 is 31.1 Å². The molecule has 2 aromatic carbocycles. The van der Waals surface area contributed by atoms with E-state index in [0.29, 0.717) is 22.3 Å². The molecule has 0 aliphatic heterocycles. The van der Waals surface area contributed by atoms with Crippen LogP contribution in [0.15, 0.2) is 42.5 Å². The number of ketones is 1. The molecule has 0 radical (unpaired) electrons. The summed E-state index contributed by atoms with van der Waals surface area (Å²) < 4.78 is 78.2. The topological polar surface area (TPSA) is 17.1 Å². The van der Waals surface area contributed by atoms with E-state index < -0.39 is 43.5 Å². The molecular formula is C21H18F6O. The Morgan fingerprint density at radius 1 is 0.821 bits per heavy atom. The number of carbonyl (C=O) groups excluding carboxylic acids is 1. The Morgan fingerprint density at radius 2 is 1.36 bits per heavy atom. The number of hydrogen-bond acceptors (Lipinski definition) is 1. The third kappa shape index (κ3) is 3.93. The third-order valence-electron chi connectivity index (χ3n) is 5.34. The standard InChI is InChI=1S/C21H18F6O/c1-13(28)14-6-7-16-15-4-2-3-5-17(15)19(18(16)12-14,8-10-20(22,23)24)9-11-21(25,26)27/h2-7,12H,8-11H2,1H3. The Labute approximate surface area is 158 Å². The quantitative estimate of drug-likeness (QED) is 0.397. The predicted molar refractivity (Wildman–Crippen MR) is 93.2 cm³/mol. The van der Waals surface area contributed by atoms with Gasteiger partial charge in [-0.05, 0) is 48.1 Å². The van der Waals surface area contributed by atoms with Gasteiger partial charge in [0.25, 0.3) is 0 Å². The van der Waals surface area contributed by atoms with Gasteiger partial charge in [-0.25, -0.2) is 0 Å². The van der Waals surface area contributed by atoms with E-state index in [1.807, 2.05) is 0 Å². The van der Waals surface area contributed by atoms with E-state index in [-0.39, 0.29) is 11.3 Å². The van der Waals surface area contributed by atoms with Crippen LogP contribution in [0.3, 0.4) is 0 Å². The minimum Gasteiger partial charge on any atom is -0.295 e. The second-order valence-corrected chi connectivity index (χ2v) is 7.17. The van der Waals surface area contributed by atoms with Crippen LogP contribution in [-0.4, -0.2) is 18.1 Å². The van der Waals surface area contributed by atoms with E-state index in [0.717, 1.165) is 0 Å². The number of Topliss-reactive ketones (excluding diaryl/α,β-unsaturated/α-hetero) is 1. The monoisotopic (exact) mass is 400 g/mol. The first-order chi connectivity index (χ1) is 12.9. The lowest BCUT2D eigenvalue weighted by molar-refractivity contribution is -0.143. The van der Waals surface area contributed by atoms with Gasteiger partial charge in [0.2, 0.25) is 0 Å². The maximum atomic E-state index is 13.0. The van der Waals surface area contributed by atoms with Crippen molar-refractivity contribution in [2.45, 2.75) is 50.4 Å². The molecule has 0 amide bonds. The number of carbonyl (C=O) groups is 1. The summed E-state index contributed by atoms with van der Waals surface area (Å²) in [6.45, 7) is 1.32. The fraction of sp³-hybridized carbons (Fsp3) is 0.381. The van der Waals surface area contributed by atoms with Crippen LogP contribution in [0.25, 0.3) is 11.1 Å². The molecule has 7 heteroatoms. The Bertz CT molecular complexity index is 876. The van der Waals surface area contributed by atoms with Crippen LogP contribution in [0, 0.1) is 0 Å². The van der Waals surface area contributed by atoms with Gasteiger partial charge in [-0.15, -0.1) is 0 Å². The normalized spacial score (nSPS) is 15.2. The highest BCUT2D eigenvalue weighted by atomic mass is 19.4.